The van der Waals surface area contributed by atoms with Crippen molar-refractivity contribution >= 4 is 27.8 Å². The first-order valence-electron chi connectivity index (χ1n) is 5.26. The van der Waals surface area contributed by atoms with Crippen molar-refractivity contribution in [3.8, 4) is 0 Å². The van der Waals surface area contributed by atoms with Crippen LogP contribution in [0.3, 0.4) is 0 Å². The van der Waals surface area contributed by atoms with E-state index >= 15 is 0 Å². The van der Waals surface area contributed by atoms with Crippen molar-refractivity contribution in [3.05, 3.63) is 28.9 Å². The molecular formula is C11H13N2NaO6S. The maximum absolute atomic E-state index is 11.6. The minimum atomic E-state index is -4.34. The van der Waals surface area contributed by atoms with Gasteiger partial charge >= 0.3 is 41.6 Å². The zero-order valence-corrected chi connectivity index (χ0v) is 14.9. The summed E-state index contributed by atoms with van der Waals surface area (Å²) in [6.07, 6.45) is -0.692. The number of hydrogen-bond donors (Lipinski definition) is 0. The molecule has 0 saturated heterocycles. The summed E-state index contributed by atoms with van der Waals surface area (Å²) in [6, 6.07) is 3.48. The summed E-state index contributed by atoms with van der Waals surface area (Å²) in [7, 11) is -0.690. The summed E-state index contributed by atoms with van der Waals surface area (Å²) in [6.45, 7) is 0. The third-order valence-electron chi connectivity index (χ3n) is 2.49. The molecule has 1 rings (SSSR count). The normalized spacial score (nSPS) is 10.3. The molecule has 110 valence electrons. The molecule has 0 heterocycles. The van der Waals surface area contributed by atoms with Gasteiger partial charge in [-0.25, -0.2) is 18.0 Å². The average Bonchev–Trinajstić information content (AvgIpc) is 2.43. The van der Waals surface area contributed by atoms with Gasteiger partial charge in [-0.2, -0.15) is 0 Å². The molecule has 0 aromatic heterocycles. The largest absolute Gasteiger partial charge is 1.00 e. The number of carbonyl (C=O) groups is 2. The molecule has 8 nitrogen and oxygen atoms in total. The zero-order chi connectivity index (χ0) is 15.5. The Labute approximate surface area is 144 Å². The third kappa shape index (κ3) is 4.68. The van der Waals surface area contributed by atoms with Gasteiger partial charge < -0.3 is 14.6 Å². The number of amides is 1. The molecule has 0 aliphatic carbocycles. The summed E-state index contributed by atoms with van der Waals surface area (Å²) in [5.74, 6) is -0.920. The van der Waals surface area contributed by atoms with Gasteiger partial charge in [0, 0.05) is 12.7 Å². The number of ether oxygens (including phenoxy) is 2. The molecule has 21 heavy (non-hydrogen) atoms. The maximum atomic E-state index is 11.6. The van der Waals surface area contributed by atoms with Crippen LogP contribution in [0.25, 0.3) is 5.14 Å². The first-order chi connectivity index (χ1) is 9.22. The van der Waals surface area contributed by atoms with Crippen LogP contribution < -0.4 is 34.5 Å². The van der Waals surface area contributed by atoms with Gasteiger partial charge in [0.1, 0.15) is 0 Å². The second-order valence-corrected chi connectivity index (χ2v) is 5.15. The molecule has 10 heteroatoms. The Balaban J connectivity index is 0.00000400. The van der Waals surface area contributed by atoms with Gasteiger partial charge in [0.05, 0.1) is 34.7 Å². The number of esters is 1. The SMILES string of the molecule is COC(=O)c1cc(N(C)C(=O)OC)ccc1S([NH-])(=O)=O.[Na+]. The van der Waals surface area contributed by atoms with E-state index < -0.39 is 27.0 Å². The molecule has 1 amide bonds. The Bertz CT molecular complexity index is 646. The van der Waals surface area contributed by atoms with Crippen molar-refractivity contribution in [1.82, 2.24) is 0 Å². The van der Waals surface area contributed by atoms with E-state index in [0.29, 0.717) is 0 Å². The van der Waals surface area contributed by atoms with Crippen molar-refractivity contribution < 1.29 is 57.0 Å². The van der Waals surface area contributed by atoms with E-state index in [0.717, 1.165) is 24.1 Å². The van der Waals surface area contributed by atoms with Crippen molar-refractivity contribution in [2.24, 2.45) is 0 Å². The molecule has 0 saturated carbocycles. The predicted octanol–water partition coefficient (Wildman–Crippen LogP) is -1.58. The monoisotopic (exact) mass is 324 g/mol. The molecule has 1 N–H and O–H groups in total. The van der Waals surface area contributed by atoms with Gasteiger partial charge in [-0.3, -0.25) is 4.90 Å². The summed E-state index contributed by atoms with van der Waals surface area (Å²) in [4.78, 5) is 23.5. The molecule has 0 fully saturated rings. The average molecular weight is 324 g/mol. The number of benzene rings is 1. The van der Waals surface area contributed by atoms with Crippen LogP contribution in [0.5, 0.6) is 0 Å². The number of nitrogens with one attached hydrogen (secondary N) is 1. The number of nitrogens with zero attached hydrogens (tertiary/aromatic N) is 1. The molecule has 0 spiro atoms. The van der Waals surface area contributed by atoms with Crippen LogP contribution in [0.4, 0.5) is 10.5 Å². The van der Waals surface area contributed by atoms with E-state index in [2.05, 4.69) is 9.47 Å². The molecule has 1 aromatic carbocycles. The number of methoxy groups -OCH3 is 2. The van der Waals surface area contributed by atoms with E-state index in [1.165, 1.54) is 20.2 Å². The molecule has 0 unspecified atom stereocenters. The predicted molar refractivity (Wildman–Crippen MR) is 70.1 cm³/mol. The third-order valence-corrected chi connectivity index (χ3v) is 3.43. The number of carbonyl (C=O) groups excluding carboxylic acids is 2. The first kappa shape index (κ1) is 19.9. The molecular weight excluding hydrogens is 311 g/mol. The molecule has 0 aliphatic rings. The summed E-state index contributed by atoms with van der Waals surface area (Å²) in [5, 5.41) is 7.04. The van der Waals surface area contributed by atoms with Gasteiger partial charge in [-0.15, -0.1) is 0 Å². The molecule has 0 bridgehead atoms. The smallest absolute Gasteiger partial charge is 0.560 e. The van der Waals surface area contributed by atoms with Crippen LogP contribution in [-0.4, -0.2) is 41.7 Å². The Morgan fingerprint density at radius 2 is 1.76 bits per heavy atom. The van der Waals surface area contributed by atoms with Crippen LogP contribution in [-0.2, 0) is 19.5 Å². The van der Waals surface area contributed by atoms with Crippen LogP contribution in [0, 0.1) is 0 Å². The molecule has 0 radical (unpaired) electrons. The van der Waals surface area contributed by atoms with E-state index in [1.807, 2.05) is 0 Å². The summed E-state index contributed by atoms with van der Waals surface area (Å²) < 4.78 is 31.6. The number of anilines is 1. The first-order valence-corrected chi connectivity index (χ1v) is 6.74. The fraction of sp³-hybridized carbons (Fsp3) is 0.273. The van der Waals surface area contributed by atoms with E-state index in [-0.39, 0.29) is 40.8 Å². The molecule has 0 atom stereocenters. The van der Waals surface area contributed by atoms with Crippen LogP contribution in [0.2, 0.25) is 0 Å². The Kier molecular flexibility index (Phi) is 7.34. The van der Waals surface area contributed by atoms with Gasteiger partial charge in [0.2, 0.25) is 0 Å². The quantitative estimate of drug-likeness (QED) is 0.490. The van der Waals surface area contributed by atoms with E-state index in [9.17, 15) is 18.0 Å². The van der Waals surface area contributed by atoms with Gasteiger partial charge in [0.15, 0.2) is 0 Å². The second kappa shape index (κ2) is 7.76. The topological polar surface area (TPSA) is 114 Å². The second-order valence-electron chi connectivity index (χ2n) is 3.70. The van der Waals surface area contributed by atoms with Crippen LogP contribution in [0.15, 0.2) is 23.1 Å². The van der Waals surface area contributed by atoms with Crippen LogP contribution >= 0.6 is 0 Å². The molecule has 0 aliphatic heterocycles. The molecule has 1 aromatic rings. The van der Waals surface area contributed by atoms with Gasteiger partial charge in [-0.05, 0) is 18.2 Å². The minimum Gasteiger partial charge on any atom is -0.560 e. The Morgan fingerprint density at radius 1 is 1.19 bits per heavy atom. The Morgan fingerprint density at radius 3 is 2.19 bits per heavy atom. The van der Waals surface area contributed by atoms with Crippen LogP contribution in [0.1, 0.15) is 10.4 Å². The number of hydrogen-bond acceptors (Lipinski definition) is 6. The fourth-order valence-corrected chi connectivity index (χ4v) is 2.15. The zero-order valence-electron chi connectivity index (χ0n) is 12.0. The summed E-state index contributed by atoms with van der Waals surface area (Å²) >= 11 is 0. The maximum Gasteiger partial charge on any atom is 1.00 e. The minimum absolute atomic E-state index is 0. The van der Waals surface area contributed by atoms with Crippen molar-refractivity contribution in [1.29, 1.82) is 0 Å². The van der Waals surface area contributed by atoms with Crippen molar-refractivity contribution in [2.75, 3.05) is 26.2 Å². The number of rotatable bonds is 3. The standard InChI is InChI=1S/C11H13N2O6S.Na/c1-13(11(15)19-3)7-4-5-9(20(12,16)17)8(6-7)10(14)18-2;/h4-6H,1-3H3,(H-,12,16,17);/q-1;+1. The Hall–Kier alpha value is -1.13. The summed E-state index contributed by atoms with van der Waals surface area (Å²) in [5.41, 5.74) is -0.0968. The number of sulfonamides is 1. The van der Waals surface area contributed by atoms with E-state index in [4.69, 9.17) is 5.14 Å². The van der Waals surface area contributed by atoms with Gasteiger partial charge in [-0.1, -0.05) is 0 Å². The van der Waals surface area contributed by atoms with Gasteiger partial charge in [0.25, 0.3) is 0 Å². The van der Waals surface area contributed by atoms with Crippen molar-refractivity contribution in [3.63, 3.8) is 0 Å². The van der Waals surface area contributed by atoms with E-state index in [1.54, 1.807) is 0 Å². The van der Waals surface area contributed by atoms with Crippen molar-refractivity contribution in [2.45, 2.75) is 4.90 Å². The fourth-order valence-electron chi connectivity index (χ4n) is 1.47.